The lowest BCUT2D eigenvalue weighted by Crippen LogP contribution is -2.41. The Hall–Kier alpha value is -3.23. The molecule has 0 aliphatic carbocycles. The Morgan fingerprint density at radius 1 is 1.09 bits per heavy atom. The number of carbonyl (C=O) groups excluding carboxylic acids is 2. The van der Waals surface area contributed by atoms with E-state index in [1.807, 2.05) is 37.3 Å². The Balaban J connectivity index is 1.58. The SMILES string of the molecule is Cc1c(-c2ccccc2)sc(NC(=O)COc2ccc(F)cc2)c1C(=O)N1CCOCC1. The lowest BCUT2D eigenvalue weighted by molar-refractivity contribution is -0.118. The van der Waals surface area contributed by atoms with Gasteiger partial charge in [0.25, 0.3) is 11.8 Å². The zero-order valence-electron chi connectivity index (χ0n) is 17.6. The number of rotatable bonds is 6. The van der Waals surface area contributed by atoms with Gasteiger partial charge in [-0.15, -0.1) is 11.3 Å². The highest BCUT2D eigenvalue weighted by molar-refractivity contribution is 7.20. The van der Waals surface area contributed by atoms with Crippen LogP contribution in [0.3, 0.4) is 0 Å². The molecule has 0 radical (unpaired) electrons. The summed E-state index contributed by atoms with van der Waals surface area (Å²) in [6.45, 7) is 3.65. The van der Waals surface area contributed by atoms with Crippen LogP contribution >= 0.6 is 11.3 Å². The van der Waals surface area contributed by atoms with Crippen LogP contribution < -0.4 is 10.1 Å². The molecule has 1 fully saturated rings. The Morgan fingerprint density at radius 2 is 1.78 bits per heavy atom. The largest absolute Gasteiger partial charge is 0.484 e. The average Bonchev–Trinajstić information content (AvgIpc) is 3.14. The monoisotopic (exact) mass is 454 g/mol. The fraction of sp³-hybridized carbons (Fsp3) is 0.250. The summed E-state index contributed by atoms with van der Waals surface area (Å²) in [6, 6.07) is 15.2. The fourth-order valence-electron chi connectivity index (χ4n) is 3.49. The summed E-state index contributed by atoms with van der Waals surface area (Å²) in [5.41, 5.74) is 2.30. The van der Waals surface area contributed by atoms with Gasteiger partial charge in [-0.1, -0.05) is 30.3 Å². The average molecular weight is 455 g/mol. The van der Waals surface area contributed by atoms with Gasteiger partial charge >= 0.3 is 0 Å². The second kappa shape index (κ2) is 9.93. The molecule has 6 nitrogen and oxygen atoms in total. The molecule has 0 unspecified atom stereocenters. The predicted molar refractivity (Wildman–Crippen MR) is 122 cm³/mol. The van der Waals surface area contributed by atoms with Crippen LogP contribution in [0.1, 0.15) is 15.9 Å². The van der Waals surface area contributed by atoms with Gasteiger partial charge in [-0.3, -0.25) is 9.59 Å². The van der Waals surface area contributed by atoms with E-state index in [0.29, 0.717) is 42.6 Å². The first-order valence-electron chi connectivity index (χ1n) is 10.3. The first-order valence-corrected chi connectivity index (χ1v) is 11.1. The maximum atomic E-state index is 13.3. The molecule has 32 heavy (non-hydrogen) atoms. The zero-order valence-corrected chi connectivity index (χ0v) is 18.4. The third kappa shape index (κ3) is 4.98. The van der Waals surface area contributed by atoms with Gasteiger partial charge in [0.1, 0.15) is 16.6 Å². The minimum absolute atomic E-state index is 0.126. The molecule has 1 aliphatic rings. The van der Waals surface area contributed by atoms with Crippen LogP contribution in [0.15, 0.2) is 54.6 Å². The number of thiophene rings is 1. The fourth-order valence-corrected chi connectivity index (χ4v) is 4.71. The molecule has 0 spiro atoms. The summed E-state index contributed by atoms with van der Waals surface area (Å²) in [5.74, 6) is -0.515. The molecule has 0 saturated carbocycles. The van der Waals surface area contributed by atoms with Crippen molar-refractivity contribution in [2.24, 2.45) is 0 Å². The third-order valence-corrected chi connectivity index (χ3v) is 6.39. The highest BCUT2D eigenvalue weighted by Crippen LogP contribution is 2.40. The highest BCUT2D eigenvalue weighted by atomic mass is 32.1. The quantitative estimate of drug-likeness (QED) is 0.601. The molecular formula is C24H23FN2O4S. The van der Waals surface area contributed by atoms with E-state index >= 15 is 0 Å². The first-order chi connectivity index (χ1) is 15.5. The number of amides is 2. The van der Waals surface area contributed by atoms with Gasteiger partial charge in [0.05, 0.1) is 18.8 Å². The van der Waals surface area contributed by atoms with E-state index in [4.69, 9.17) is 9.47 Å². The number of nitrogens with one attached hydrogen (secondary N) is 1. The number of hydrogen-bond donors (Lipinski definition) is 1. The maximum absolute atomic E-state index is 13.3. The summed E-state index contributed by atoms with van der Waals surface area (Å²) in [4.78, 5) is 28.6. The van der Waals surface area contributed by atoms with Gasteiger partial charge in [0, 0.05) is 18.0 Å². The van der Waals surface area contributed by atoms with Crippen molar-refractivity contribution in [3.63, 3.8) is 0 Å². The normalized spacial score (nSPS) is 13.6. The third-order valence-electron chi connectivity index (χ3n) is 5.13. The number of anilines is 1. The minimum atomic E-state index is -0.397. The van der Waals surface area contributed by atoms with Crippen molar-refractivity contribution in [1.29, 1.82) is 0 Å². The summed E-state index contributed by atoms with van der Waals surface area (Å²) < 4.78 is 23.9. The van der Waals surface area contributed by atoms with Crippen molar-refractivity contribution in [2.45, 2.75) is 6.92 Å². The number of ether oxygens (including phenoxy) is 2. The van der Waals surface area contributed by atoms with Gasteiger partial charge in [-0.25, -0.2) is 4.39 Å². The number of morpholine rings is 1. The van der Waals surface area contributed by atoms with E-state index in [1.165, 1.54) is 35.6 Å². The summed E-state index contributed by atoms with van der Waals surface area (Å²) in [5, 5.41) is 3.34. The van der Waals surface area contributed by atoms with E-state index < -0.39 is 5.91 Å². The lowest BCUT2D eigenvalue weighted by atomic mass is 10.1. The van der Waals surface area contributed by atoms with Crippen LogP contribution in [-0.4, -0.2) is 49.6 Å². The number of nitrogens with zero attached hydrogens (tertiary/aromatic N) is 1. The maximum Gasteiger partial charge on any atom is 0.262 e. The topological polar surface area (TPSA) is 67.9 Å². The molecule has 2 heterocycles. The molecule has 1 N–H and O–H groups in total. The Kier molecular flexibility index (Phi) is 6.82. The summed E-state index contributed by atoms with van der Waals surface area (Å²) in [7, 11) is 0. The van der Waals surface area contributed by atoms with Gasteiger partial charge in [-0.2, -0.15) is 0 Å². The van der Waals surface area contributed by atoms with Gasteiger partial charge < -0.3 is 19.7 Å². The molecule has 1 aromatic heterocycles. The van der Waals surface area contributed by atoms with E-state index in [0.717, 1.165) is 16.0 Å². The molecule has 0 bridgehead atoms. The van der Waals surface area contributed by atoms with E-state index in [1.54, 1.807) is 4.90 Å². The van der Waals surface area contributed by atoms with Crippen LogP contribution in [0, 0.1) is 12.7 Å². The molecule has 3 aromatic rings. The van der Waals surface area contributed by atoms with Gasteiger partial charge in [0.15, 0.2) is 6.61 Å². The standard InChI is InChI=1S/C24H23FN2O4S/c1-16-21(24(29)27-11-13-30-14-12-27)23(32-22(16)17-5-3-2-4-6-17)26-20(28)15-31-19-9-7-18(25)8-10-19/h2-10H,11-15H2,1H3,(H,26,28). The number of carbonyl (C=O) groups is 2. The lowest BCUT2D eigenvalue weighted by Gasteiger charge is -2.27. The Bertz CT molecular complexity index is 1090. The van der Waals surface area contributed by atoms with E-state index in [9.17, 15) is 14.0 Å². The van der Waals surface area contributed by atoms with E-state index in [2.05, 4.69) is 5.32 Å². The highest BCUT2D eigenvalue weighted by Gasteiger charge is 2.28. The van der Waals surface area contributed by atoms with Crippen LogP contribution in [0.25, 0.3) is 10.4 Å². The number of halogens is 1. The molecule has 166 valence electrons. The van der Waals surface area contributed by atoms with Crippen molar-refractivity contribution in [1.82, 2.24) is 4.90 Å². The molecule has 4 rings (SSSR count). The Labute approximate surface area is 189 Å². The van der Waals surface area contributed by atoms with Gasteiger partial charge in [-0.05, 0) is 42.3 Å². The smallest absolute Gasteiger partial charge is 0.262 e. The van der Waals surface area contributed by atoms with Crippen molar-refractivity contribution in [3.05, 3.63) is 71.5 Å². The molecule has 2 aromatic carbocycles. The number of hydrogen-bond acceptors (Lipinski definition) is 5. The molecule has 1 aliphatic heterocycles. The molecule has 0 atom stereocenters. The number of benzene rings is 2. The van der Waals surface area contributed by atoms with Crippen molar-refractivity contribution in [2.75, 3.05) is 38.2 Å². The van der Waals surface area contributed by atoms with Crippen LogP contribution in [-0.2, 0) is 9.53 Å². The second-order valence-corrected chi connectivity index (χ2v) is 8.34. The predicted octanol–water partition coefficient (Wildman–Crippen LogP) is 4.35. The molecule has 8 heteroatoms. The van der Waals surface area contributed by atoms with Crippen LogP contribution in [0.5, 0.6) is 5.75 Å². The van der Waals surface area contributed by atoms with Crippen LogP contribution in [0.2, 0.25) is 0 Å². The van der Waals surface area contributed by atoms with Gasteiger partial charge in [0.2, 0.25) is 0 Å². The van der Waals surface area contributed by atoms with E-state index in [-0.39, 0.29) is 18.3 Å². The van der Waals surface area contributed by atoms with Crippen molar-refractivity contribution >= 4 is 28.2 Å². The molecule has 2 amide bonds. The summed E-state index contributed by atoms with van der Waals surface area (Å²) >= 11 is 1.37. The van der Waals surface area contributed by atoms with Crippen molar-refractivity contribution in [3.8, 4) is 16.2 Å². The summed E-state index contributed by atoms with van der Waals surface area (Å²) in [6.07, 6.45) is 0. The molecule has 1 saturated heterocycles. The van der Waals surface area contributed by atoms with Crippen molar-refractivity contribution < 1.29 is 23.5 Å². The minimum Gasteiger partial charge on any atom is -0.484 e. The Morgan fingerprint density at radius 3 is 2.47 bits per heavy atom. The molecular weight excluding hydrogens is 431 g/mol. The first kappa shape index (κ1) is 22.0. The van der Waals surface area contributed by atoms with Crippen LogP contribution in [0.4, 0.5) is 9.39 Å². The zero-order chi connectivity index (χ0) is 22.5. The second-order valence-electron chi connectivity index (χ2n) is 7.32.